The monoisotopic (exact) mass is 466 g/mol. The summed E-state index contributed by atoms with van der Waals surface area (Å²) in [7, 11) is 1.61. The molecule has 7 nitrogen and oxygen atoms in total. The second kappa shape index (κ2) is 10.2. The van der Waals surface area contributed by atoms with Gasteiger partial charge in [-0.15, -0.1) is 10.2 Å². The van der Waals surface area contributed by atoms with Crippen molar-refractivity contribution in [1.82, 2.24) is 14.8 Å². The topological polar surface area (TPSA) is 78.3 Å². The van der Waals surface area contributed by atoms with E-state index in [0.29, 0.717) is 33.1 Å². The number of nitrogens with one attached hydrogen (secondary N) is 1. The second-order valence-corrected chi connectivity index (χ2v) is 7.90. The highest BCUT2D eigenvalue weighted by Gasteiger charge is 2.13. The number of rotatable bonds is 8. The van der Waals surface area contributed by atoms with Gasteiger partial charge in [0.05, 0.1) is 23.6 Å². The summed E-state index contributed by atoms with van der Waals surface area (Å²) in [5.74, 6) is 1.89. The van der Waals surface area contributed by atoms with Gasteiger partial charge in [0.2, 0.25) is 5.91 Å². The number of methoxy groups -OCH3 is 1. The summed E-state index contributed by atoms with van der Waals surface area (Å²) >= 11 is 7.40. The van der Waals surface area contributed by atoms with E-state index in [1.807, 2.05) is 36.4 Å². The molecule has 0 saturated carbocycles. The minimum Gasteiger partial charge on any atom is -0.495 e. The molecule has 0 atom stereocenters. The maximum Gasteiger partial charge on any atom is 0.234 e. The van der Waals surface area contributed by atoms with Gasteiger partial charge in [0.15, 0.2) is 5.16 Å². The minimum atomic E-state index is -0.163. The summed E-state index contributed by atoms with van der Waals surface area (Å²) in [6, 6.07) is 21.9. The molecule has 1 amide bonds. The number of ether oxygens (including phenoxy) is 2. The van der Waals surface area contributed by atoms with E-state index in [2.05, 4.69) is 15.5 Å². The normalized spacial score (nSPS) is 10.6. The highest BCUT2D eigenvalue weighted by molar-refractivity contribution is 7.99. The zero-order chi connectivity index (χ0) is 22.3. The number of amides is 1. The lowest BCUT2D eigenvalue weighted by Crippen LogP contribution is -2.14. The highest BCUT2D eigenvalue weighted by Crippen LogP contribution is 2.30. The van der Waals surface area contributed by atoms with Crippen molar-refractivity contribution in [1.29, 1.82) is 0 Å². The van der Waals surface area contributed by atoms with Crippen LogP contribution >= 0.6 is 23.4 Å². The van der Waals surface area contributed by atoms with Gasteiger partial charge in [-0.1, -0.05) is 47.6 Å². The smallest absolute Gasteiger partial charge is 0.234 e. The number of anilines is 1. The zero-order valence-corrected chi connectivity index (χ0v) is 18.6. The first kappa shape index (κ1) is 21.7. The van der Waals surface area contributed by atoms with Crippen LogP contribution in [0.5, 0.6) is 17.2 Å². The van der Waals surface area contributed by atoms with Gasteiger partial charge in [-0.2, -0.15) is 0 Å². The van der Waals surface area contributed by atoms with Crippen LogP contribution in [0.15, 0.2) is 84.3 Å². The van der Waals surface area contributed by atoms with Gasteiger partial charge >= 0.3 is 0 Å². The van der Waals surface area contributed by atoms with Crippen molar-refractivity contribution in [3.05, 3.63) is 84.1 Å². The fourth-order valence-electron chi connectivity index (χ4n) is 2.90. The van der Waals surface area contributed by atoms with E-state index in [-0.39, 0.29) is 11.7 Å². The first-order valence-corrected chi connectivity index (χ1v) is 11.0. The third kappa shape index (κ3) is 5.22. The van der Waals surface area contributed by atoms with Crippen LogP contribution < -0.4 is 14.8 Å². The predicted molar refractivity (Wildman–Crippen MR) is 125 cm³/mol. The summed E-state index contributed by atoms with van der Waals surface area (Å²) in [6.07, 6.45) is 1.59. The Hall–Kier alpha value is -3.49. The Morgan fingerprint density at radius 1 is 1.03 bits per heavy atom. The SMILES string of the molecule is COc1ccccc1-n1cnnc1SCC(=O)Nc1ccc(Oc2ccccc2Cl)cc1. The Balaban J connectivity index is 1.35. The average molecular weight is 467 g/mol. The molecule has 0 aliphatic rings. The van der Waals surface area contributed by atoms with Crippen LogP contribution in [-0.2, 0) is 4.79 Å². The summed E-state index contributed by atoms with van der Waals surface area (Å²) in [5.41, 5.74) is 1.46. The summed E-state index contributed by atoms with van der Waals surface area (Å²) < 4.78 is 13.0. The largest absolute Gasteiger partial charge is 0.495 e. The molecule has 162 valence electrons. The molecule has 0 fully saturated rings. The molecule has 0 aliphatic heterocycles. The van der Waals surface area contributed by atoms with Gasteiger partial charge < -0.3 is 14.8 Å². The quantitative estimate of drug-likeness (QED) is 0.348. The van der Waals surface area contributed by atoms with Crippen molar-refractivity contribution in [2.24, 2.45) is 0 Å². The van der Waals surface area contributed by atoms with Gasteiger partial charge in [0.25, 0.3) is 0 Å². The summed E-state index contributed by atoms with van der Waals surface area (Å²) in [5, 5.41) is 12.1. The van der Waals surface area contributed by atoms with E-state index in [1.54, 1.807) is 54.4 Å². The van der Waals surface area contributed by atoms with Gasteiger partial charge in [0.1, 0.15) is 23.6 Å². The second-order valence-electron chi connectivity index (χ2n) is 6.55. The van der Waals surface area contributed by atoms with Crippen molar-refractivity contribution in [2.75, 3.05) is 18.2 Å². The number of benzene rings is 3. The van der Waals surface area contributed by atoms with Crippen molar-refractivity contribution >= 4 is 35.0 Å². The molecule has 4 rings (SSSR count). The van der Waals surface area contributed by atoms with E-state index < -0.39 is 0 Å². The van der Waals surface area contributed by atoms with Crippen LogP contribution in [0.3, 0.4) is 0 Å². The third-order valence-corrected chi connectivity index (χ3v) is 5.65. The number of thioether (sulfide) groups is 1. The Labute approximate surface area is 194 Å². The molecule has 9 heteroatoms. The minimum absolute atomic E-state index is 0.163. The Bertz CT molecular complexity index is 1210. The van der Waals surface area contributed by atoms with Crippen LogP contribution in [0.2, 0.25) is 5.02 Å². The van der Waals surface area contributed by atoms with E-state index in [9.17, 15) is 4.79 Å². The standard InChI is InChI=1S/C23H19ClN4O3S/c1-30-21-9-5-3-7-19(21)28-15-25-27-23(28)32-14-22(29)26-16-10-12-17(13-11-16)31-20-8-4-2-6-18(20)24/h2-13,15H,14H2,1H3,(H,26,29). The average Bonchev–Trinajstić information content (AvgIpc) is 3.29. The molecule has 0 unspecified atom stereocenters. The maximum absolute atomic E-state index is 12.4. The number of aromatic nitrogens is 3. The number of carbonyl (C=O) groups is 1. The van der Waals surface area contributed by atoms with Crippen LogP contribution in [0.1, 0.15) is 0 Å². The molecule has 32 heavy (non-hydrogen) atoms. The predicted octanol–water partition coefficient (Wildman–Crippen LogP) is 5.45. The van der Waals surface area contributed by atoms with Crippen molar-refractivity contribution < 1.29 is 14.3 Å². The van der Waals surface area contributed by atoms with Gasteiger partial charge in [0, 0.05) is 5.69 Å². The van der Waals surface area contributed by atoms with E-state index >= 15 is 0 Å². The van der Waals surface area contributed by atoms with E-state index in [0.717, 1.165) is 5.69 Å². The van der Waals surface area contributed by atoms with E-state index in [4.69, 9.17) is 21.1 Å². The van der Waals surface area contributed by atoms with Crippen LogP contribution in [0.4, 0.5) is 5.69 Å². The third-order valence-electron chi connectivity index (χ3n) is 4.40. The molecule has 1 N–H and O–H groups in total. The fraction of sp³-hybridized carbons (Fsp3) is 0.0870. The first-order chi connectivity index (χ1) is 15.6. The Morgan fingerprint density at radius 2 is 1.75 bits per heavy atom. The lowest BCUT2D eigenvalue weighted by molar-refractivity contribution is -0.113. The van der Waals surface area contributed by atoms with Gasteiger partial charge in [-0.3, -0.25) is 9.36 Å². The van der Waals surface area contributed by atoms with Gasteiger partial charge in [-0.25, -0.2) is 0 Å². The highest BCUT2D eigenvalue weighted by atomic mass is 35.5. The fourth-order valence-corrected chi connectivity index (χ4v) is 3.80. The molecule has 1 heterocycles. The van der Waals surface area contributed by atoms with Gasteiger partial charge in [-0.05, 0) is 48.5 Å². The van der Waals surface area contributed by atoms with Crippen molar-refractivity contribution in [2.45, 2.75) is 5.16 Å². The number of hydrogen-bond donors (Lipinski definition) is 1. The molecule has 0 radical (unpaired) electrons. The number of nitrogens with zero attached hydrogens (tertiary/aromatic N) is 3. The number of para-hydroxylation sites is 3. The molecule has 0 spiro atoms. The lowest BCUT2D eigenvalue weighted by atomic mass is 10.3. The maximum atomic E-state index is 12.4. The number of hydrogen-bond acceptors (Lipinski definition) is 6. The number of carbonyl (C=O) groups excluding carboxylic acids is 1. The van der Waals surface area contributed by atoms with Crippen LogP contribution in [0.25, 0.3) is 5.69 Å². The lowest BCUT2D eigenvalue weighted by Gasteiger charge is -2.11. The molecule has 0 aliphatic carbocycles. The molecular weight excluding hydrogens is 448 g/mol. The zero-order valence-electron chi connectivity index (χ0n) is 17.1. The van der Waals surface area contributed by atoms with Crippen LogP contribution in [0, 0.1) is 0 Å². The van der Waals surface area contributed by atoms with Crippen LogP contribution in [-0.4, -0.2) is 33.5 Å². The first-order valence-electron chi connectivity index (χ1n) is 9.62. The number of halogens is 1. The molecule has 0 bridgehead atoms. The van der Waals surface area contributed by atoms with E-state index in [1.165, 1.54) is 11.8 Å². The Kier molecular flexibility index (Phi) is 6.94. The summed E-state index contributed by atoms with van der Waals surface area (Å²) in [6.45, 7) is 0. The summed E-state index contributed by atoms with van der Waals surface area (Å²) in [4.78, 5) is 12.4. The molecule has 3 aromatic carbocycles. The molecule has 0 saturated heterocycles. The molecule has 1 aromatic heterocycles. The van der Waals surface area contributed by atoms with Crippen molar-refractivity contribution in [3.8, 4) is 22.9 Å². The molecular formula is C23H19ClN4O3S. The Morgan fingerprint density at radius 3 is 2.50 bits per heavy atom. The van der Waals surface area contributed by atoms with Crippen molar-refractivity contribution in [3.63, 3.8) is 0 Å². The molecule has 4 aromatic rings.